The smallest absolute Gasteiger partial charge is 0.142 e. The number of nitrogens with one attached hydrogen (secondary N) is 1. The molecular weight excluding hydrogens is 269 g/mol. The molecule has 1 aliphatic rings. The van der Waals surface area contributed by atoms with Gasteiger partial charge in [-0.2, -0.15) is 0 Å². The quantitative estimate of drug-likeness (QED) is 0.828. The fourth-order valence-corrected chi connectivity index (χ4v) is 2.32. The van der Waals surface area contributed by atoms with Crippen molar-refractivity contribution >= 4 is 28.9 Å². The zero-order valence-electron chi connectivity index (χ0n) is 9.49. The van der Waals surface area contributed by atoms with Crippen molar-refractivity contribution in [1.29, 1.82) is 0 Å². The monoisotopic (exact) mass is 279 g/mol. The van der Waals surface area contributed by atoms with E-state index in [1.54, 1.807) is 0 Å². The van der Waals surface area contributed by atoms with Gasteiger partial charge in [-0.1, -0.05) is 35.3 Å². The predicted molar refractivity (Wildman–Crippen MR) is 74.8 cm³/mol. The van der Waals surface area contributed by atoms with Gasteiger partial charge in [0.25, 0.3) is 0 Å². The second-order valence-electron chi connectivity index (χ2n) is 4.20. The zero-order valence-corrected chi connectivity index (χ0v) is 11.0. The summed E-state index contributed by atoms with van der Waals surface area (Å²) >= 11 is 11.9. The lowest BCUT2D eigenvalue weighted by Crippen LogP contribution is -2.23. The third kappa shape index (κ3) is 2.26. The van der Waals surface area contributed by atoms with Gasteiger partial charge < -0.3 is 10.1 Å². The Morgan fingerprint density at radius 2 is 1.72 bits per heavy atom. The molecule has 92 valence electrons. The van der Waals surface area contributed by atoms with Crippen LogP contribution in [0.25, 0.3) is 0 Å². The number of ether oxygens (including phenoxy) is 1. The Morgan fingerprint density at radius 1 is 1.00 bits per heavy atom. The Bertz CT molecular complexity index is 569. The molecule has 0 aliphatic carbocycles. The van der Waals surface area contributed by atoms with Crippen molar-refractivity contribution in [3.05, 3.63) is 58.1 Å². The molecule has 2 aromatic rings. The molecule has 1 heterocycles. The number of hydrogen-bond acceptors (Lipinski definition) is 2. The molecule has 0 unspecified atom stereocenters. The fraction of sp³-hybridized carbons (Fsp3) is 0.143. The van der Waals surface area contributed by atoms with Crippen LogP contribution in [0.3, 0.4) is 0 Å². The minimum atomic E-state index is 0.119. The highest BCUT2D eigenvalue weighted by Crippen LogP contribution is 2.35. The SMILES string of the molecule is Clc1ccc([C@@H]2COc3ccc(Cl)cc3N2)cc1. The second-order valence-corrected chi connectivity index (χ2v) is 5.07. The van der Waals surface area contributed by atoms with Gasteiger partial charge in [0.15, 0.2) is 0 Å². The normalized spacial score (nSPS) is 17.6. The minimum Gasteiger partial charge on any atom is -0.489 e. The van der Waals surface area contributed by atoms with E-state index in [1.165, 1.54) is 0 Å². The lowest BCUT2D eigenvalue weighted by Gasteiger charge is -2.28. The first-order chi connectivity index (χ1) is 8.72. The number of fused-ring (bicyclic) bond motifs is 1. The van der Waals surface area contributed by atoms with Crippen LogP contribution in [-0.2, 0) is 0 Å². The van der Waals surface area contributed by atoms with Crippen molar-refractivity contribution < 1.29 is 4.74 Å². The predicted octanol–water partition coefficient (Wildman–Crippen LogP) is 4.54. The lowest BCUT2D eigenvalue weighted by molar-refractivity contribution is 0.286. The fourth-order valence-electron chi connectivity index (χ4n) is 2.02. The summed E-state index contributed by atoms with van der Waals surface area (Å²) in [5.74, 6) is 0.838. The van der Waals surface area contributed by atoms with Crippen LogP contribution < -0.4 is 10.1 Å². The summed E-state index contributed by atoms with van der Waals surface area (Å²) in [7, 11) is 0. The maximum Gasteiger partial charge on any atom is 0.142 e. The van der Waals surface area contributed by atoms with Crippen molar-refractivity contribution in [2.24, 2.45) is 0 Å². The van der Waals surface area contributed by atoms with Crippen molar-refractivity contribution in [2.45, 2.75) is 6.04 Å². The van der Waals surface area contributed by atoms with Gasteiger partial charge in [0.1, 0.15) is 12.4 Å². The summed E-state index contributed by atoms with van der Waals surface area (Å²) in [5, 5.41) is 4.85. The molecule has 4 heteroatoms. The van der Waals surface area contributed by atoms with E-state index in [0.717, 1.165) is 22.0 Å². The van der Waals surface area contributed by atoms with E-state index in [4.69, 9.17) is 27.9 Å². The molecule has 0 bridgehead atoms. The van der Waals surface area contributed by atoms with Crippen LogP contribution in [0, 0.1) is 0 Å². The van der Waals surface area contributed by atoms with Crippen molar-refractivity contribution in [3.8, 4) is 5.75 Å². The average molecular weight is 280 g/mol. The summed E-state index contributed by atoms with van der Waals surface area (Å²) in [6, 6.07) is 13.5. The van der Waals surface area contributed by atoms with E-state index in [0.29, 0.717) is 11.6 Å². The zero-order chi connectivity index (χ0) is 12.5. The van der Waals surface area contributed by atoms with Gasteiger partial charge >= 0.3 is 0 Å². The molecule has 2 nitrogen and oxygen atoms in total. The van der Waals surface area contributed by atoms with Gasteiger partial charge in [-0.05, 0) is 35.9 Å². The van der Waals surface area contributed by atoms with Gasteiger partial charge in [0.2, 0.25) is 0 Å². The number of halogens is 2. The third-order valence-electron chi connectivity index (χ3n) is 2.95. The number of hydrogen-bond donors (Lipinski definition) is 1. The summed E-state index contributed by atoms with van der Waals surface area (Å²) < 4.78 is 5.72. The molecule has 0 saturated heterocycles. The molecule has 18 heavy (non-hydrogen) atoms. The molecule has 0 radical (unpaired) electrons. The maximum absolute atomic E-state index is 5.98. The van der Waals surface area contributed by atoms with Crippen LogP contribution in [0.2, 0.25) is 10.0 Å². The van der Waals surface area contributed by atoms with E-state index >= 15 is 0 Å². The van der Waals surface area contributed by atoms with E-state index in [2.05, 4.69) is 5.32 Å². The first-order valence-electron chi connectivity index (χ1n) is 5.67. The lowest BCUT2D eigenvalue weighted by atomic mass is 10.1. The van der Waals surface area contributed by atoms with Crippen molar-refractivity contribution in [2.75, 3.05) is 11.9 Å². The van der Waals surface area contributed by atoms with Crippen LogP contribution in [0.1, 0.15) is 11.6 Å². The molecule has 1 N–H and O–H groups in total. The van der Waals surface area contributed by atoms with Crippen molar-refractivity contribution in [1.82, 2.24) is 0 Å². The first-order valence-corrected chi connectivity index (χ1v) is 6.42. The minimum absolute atomic E-state index is 0.119. The highest BCUT2D eigenvalue weighted by molar-refractivity contribution is 6.31. The Kier molecular flexibility index (Phi) is 3.06. The largest absolute Gasteiger partial charge is 0.489 e. The van der Waals surface area contributed by atoms with Crippen LogP contribution in [0.15, 0.2) is 42.5 Å². The van der Waals surface area contributed by atoms with Gasteiger partial charge in [-0.25, -0.2) is 0 Å². The highest BCUT2D eigenvalue weighted by atomic mass is 35.5. The average Bonchev–Trinajstić information content (AvgIpc) is 2.38. The molecule has 0 amide bonds. The van der Waals surface area contributed by atoms with Gasteiger partial charge in [0, 0.05) is 10.0 Å². The molecule has 1 atom stereocenters. The highest BCUT2D eigenvalue weighted by Gasteiger charge is 2.20. The summed E-state index contributed by atoms with van der Waals surface area (Å²) in [6.07, 6.45) is 0. The van der Waals surface area contributed by atoms with Crippen LogP contribution in [0.4, 0.5) is 5.69 Å². The molecule has 0 spiro atoms. The topological polar surface area (TPSA) is 21.3 Å². The maximum atomic E-state index is 5.98. The standard InChI is InChI=1S/C14H11Cl2NO/c15-10-3-1-9(2-4-10)13-8-18-14-6-5-11(16)7-12(14)17-13/h1-7,13,17H,8H2/t13-/m0/s1. The number of benzene rings is 2. The third-order valence-corrected chi connectivity index (χ3v) is 3.44. The molecular formula is C14H11Cl2NO. The Hall–Kier alpha value is -1.38. The van der Waals surface area contributed by atoms with E-state index in [9.17, 15) is 0 Å². The number of rotatable bonds is 1. The molecule has 1 aliphatic heterocycles. The Labute approximate surface area is 115 Å². The van der Waals surface area contributed by atoms with Crippen molar-refractivity contribution in [3.63, 3.8) is 0 Å². The Morgan fingerprint density at radius 3 is 2.50 bits per heavy atom. The second kappa shape index (κ2) is 4.71. The molecule has 0 saturated carbocycles. The summed E-state index contributed by atoms with van der Waals surface area (Å²) in [4.78, 5) is 0. The van der Waals surface area contributed by atoms with Crippen LogP contribution >= 0.6 is 23.2 Å². The van der Waals surface area contributed by atoms with Gasteiger partial charge in [0.05, 0.1) is 11.7 Å². The van der Waals surface area contributed by atoms with Gasteiger partial charge in [-0.15, -0.1) is 0 Å². The van der Waals surface area contributed by atoms with Gasteiger partial charge in [-0.3, -0.25) is 0 Å². The van der Waals surface area contributed by atoms with E-state index < -0.39 is 0 Å². The van der Waals surface area contributed by atoms with E-state index in [1.807, 2.05) is 42.5 Å². The van der Waals surface area contributed by atoms with E-state index in [-0.39, 0.29) is 6.04 Å². The summed E-state index contributed by atoms with van der Waals surface area (Å²) in [6.45, 7) is 0.594. The first kappa shape index (κ1) is 11.7. The molecule has 3 rings (SSSR count). The Balaban J connectivity index is 1.88. The van der Waals surface area contributed by atoms with Crippen LogP contribution in [-0.4, -0.2) is 6.61 Å². The molecule has 0 aromatic heterocycles. The number of anilines is 1. The summed E-state index contributed by atoms with van der Waals surface area (Å²) in [5.41, 5.74) is 2.07. The molecule has 0 fully saturated rings. The van der Waals surface area contributed by atoms with Crippen LogP contribution in [0.5, 0.6) is 5.75 Å². The molecule has 2 aromatic carbocycles.